The van der Waals surface area contributed by atoms with Crippen LogP contribution >= 0.6 is 26.0 Å². The molecule has 2 rings (SSSR count). The van der Waals surface area contributed by atoms with Crippen LogP contribution in [0, 0.1) is 0 Å². The third kappa shape index (κ3) is 4.24. The van der Waals surface area contributed by atoms with Crippen molar-refractivity contribution in [2.75, 3.05) is 38.2 Å². The maximum atomic E-state index is 11.8. The number of imidazole rings is 1. The molecule has 0 bridgehead atoms. The highest BCUT2D eigenvalue weighted by atomic mass is 79.9. The van der Waals surface area contributed by atoms with Crippen LogP contribution in [0.15, 0.2) is 22.9 Å². The molecule has 0 aliphatic carbocycles. The second-order valence-corrected chi connectivity index (χ2v) is 11.4. The number of halogens is 1. The van der Waals surface area contributed by atoms with Gasteiger partial charge in [0.15, 0.2) is 0 Å². The summed E-state index contributed by atoms with van der Waals surface area (Å²) in [5.41, 5.74) is 1.92. The number of aromatic nitrogens is 2. The molecule has 0 aliphatic heterocycles. The van der Waals surface area contributed by atoms with Gasteiger partial charge < -0.3 is 14.0 Å². The van der Waals surface area contributed by atoms with Crippen LogP contribution in [0.3, 0.4) is 0 Å². The van der Waals surface area contributed by atoms with Crippen molar-refractivity contribution in [1.29, 1.82) is 0 Å². The lowest BCUT2D eigenvalue weighted by molar-refractivity contribution is 0.0602. The number of nitrogens with zero attached hydrogens (tertiary/aromatic N) is 2. The highest BCUT2D eigenvalue weighted by Crippen LogP contribution is 2.33. The predicted molar refractivity (Wildman–Crippen MR) is 95.0 cm³/mol. The first-order chi connectivity index (χ1) is 10.3. The number of ether oxygens (including phenoxy) is 2. The van der Waals surface area contributed by atoms with E-state index in [2.05, 4.69) is 39.7 Å². The molecule has 2 aromatic rings. The van der Waals surface area contributed by atoms with Crippen LogP contribution in [0.1, 0.15) is 10.4 Å². The van der Waals surface area contributed by atoms with E-state index in [1.54, 1.807) is 12.4 Å². The summed E-state index contributed by atoms with van der Waals surface area (Å²) < 4.78 is 13.2. The molecule has 1 heterocycles. The molecule has 0 radical (unpaired) electrons. The molecule has 1 aromatic heterocycles. The van der Waals surface area contributed by atoms with Crippen molar-refractivity contribution in [2.45, 2.75) is 6.73 Å². The monoisotopic (exact) mass is 388 g/mol. The number of carbonyl (C=O) groups is 1. The highest BCUT2D eigenvalue weighted by molar-refractivity contribution is 9.10. The van der Waals surface area contributed by atoms with E-state index in [4.69, 9.17) is 9.47 Å². The fourth-order valence-electron chi connectivity index (χ4n) is 1.97. The van der Waals surface area contributed by atoms with E-state index in [1.165, 1.54) is 7.11 Å². The van der Waals surface area contributed by atoms with E-state index in [1.807, 2.05) is 10.6 Å². The summed E-state index contributed by atoms with van der Waals surface area (Å²) in [6, 6.07) is 3.64. The maximum Gasteiger partial charge on any atom is 0.340 e. The van der Waals surface area contributed by atoms with Crippen LogP contribution < -0.4 is 0 Å². The van der Waals surface area contributed by atoms with Crippen LogP contribution in [-0.4, -0.2) is 53.8 Å². The molecule has 5 nitrogen and oxygen atoms in total. The van der Waals surface area contributed by atoms with E-state index >= 15 is 0 Å². The summed E-state index contributed by atoms with van der Waals surface area (Å²) in [4.78, 5) is 16.2. The third-order valence-corrected chi connectivity index (χ3v) is 5.02. The summed E-state index contributed by atoms with van der Waals surface area (Å²) in [5, 5.41) is 0. The van der Waals surface area contributed by atoms with Gasteiger partial charge in [-0.1, -0.05) is 15.9 Å². The number of benzene rings is 1. The van der Waals surface area contributed by atoms with Crippen molar-refractivity contribution in [1.82, 2.24) is 9.55 Å². The maximum absolute atomic E-state index is 11.8. The standard InChI is InChI=1S/C15H21BrN2O3S/c1-20-15(19)12-7-11(16)8-13-14(12)17-9-18(13)10-21-5-6-22(2,3)4/h7-9H,5-6,10H2,1-4H3. The number of fused-ring (bicyclic) bond motifs is 1. The van der Waals surface area contributed by atoms with Crippen molar-refractivity contribution < 1.29 is 14.3 Å². The molecule has 0 aliphatic rings. The Labute approximate surface area is 140 Å². The quantitative estimate of drug-likeness (QED) is 0.562. The molecule has 22 heavy (non-hydrogen) atoms. The van der Waals surface area contributed by atoms with Gasteiger partial charge in [-0.25, -0.2) is 19.8 Å². The molecule has 1 aromatic carbocycles. The van der Waals surface area contributed by atoms with Gasteiger partial charge in [0.05, 0.1) is 31.1 Å². The minimum atomic E-state index is -0.554. The van der Waals surface area contributed by atoms with Gasteiger partial charge in [-0.2, -0.15) is 0 Å². The van der Waals surface area contributed by atoms with Crippen LogP contribution in [-0.2, 0) is 16.2 Å². The lowest BCUT2D eigenvalue weighted by Crippen LogP contribution is -2.09. The first kappa shape index (κ1) is 17.3. The average molecular weight is 389 g/mol. The fraction of sp³-hybridized carbons (Fsp3) is 0.467. The van der Waals surface area contributed by atoms with Crippen molar-refractivity contribution in [2.24, 2.45) is 0 Å². The number of esters is 1. The van der Waals surface area contributed by atoms with Gasteiger partial charge in [-0.15, -0.1) is 0 Å². The molecule has 0 fully saturated rings. The second-order valence-electron chi connectivity index (χ2n) is 5.86. The molecule has 0 N–H and O–H groups in total. The zero-order chi connectivity index (χ0) is 16.3. The Morgan fingerprint density at radius 1 is 1.36 bits per heavy atom. The average Bonchev–Trinajstić information content (AvgIpc) is 2.84. The van der Waals surface area contributed by atoms with E-state index in [9.17, 15) is 4.79 Å². The Morgan fingerprint density at radius 3 is 2.73 bits per heavy atom. The van der Waals surface area contributed by atoms with E-state index in [-0.39, 0.29) is 0 Å². The second kappa shape index (κ2) is 7.02. The van der Waals surface area contributed by atoms with Gasteiger partial charge >= 0.3 is 5.97 Å². The topological polar surface area (TPSA) is 53.3 Å². The van der Waals surface area contributed by atoms with Crippen molar-refractivity contribution >= 4 is 43.0 Å². The molecule has 7 heteroatoms. The summed E-state index contributed by atoms with van der Waals surface area (Å²) in [6.45, 7) is 1.14. The fourth-order valence-corrected chi connectivity index (χ4v) is 3.03. The van der Waals surface area contributed by atoms with Crippen molar-refractivity contribution in [3.63, 3.8) is 0 Å². The molecular formula is C15H21BrN2O3S. The summed E-state index contributed by atoms with van der Waals surface area (Å²) in [5.74, 6) is 0.672. The zero-order valence-corrected chi connectivity index (χ0v) is 15.7. The van der Waals surface area contributed by atoms with Crippen LogP contribution in [0.2, 0.25) is 0 Å². The van der Waals surface area contributed by atoms with Gasteiger partial charge in [-0.05, 0) is 30.9 Å². The minimum absolute atomic E-state index is 0.395. The van der Waals surface area contributed by atoms with E-state index in [0.29, 0.717) is 17.8 Å². The Balaban J connectivity index is 2.18. The highest BCUT2D eigenvalue weighted by Gasteiger charge is 2.15. The lowest BCUT2D eigenvalue weighted by Gasteiger charge is -2.24. The van der Waals surface area contributed by atoms with Crippen LogP contribution in [0.25, 0.3) is 11.0 Å². The van der Waals surface area contributed by atoms with Crippen LogP contribution in [0.4, 0.5) is 0 Å². The van der Waals surface area contributed by atoms with Gasteiger partial charge in [0, 0.05) is 10.2 Å². The number of methoxy groups -OCH3 is 1. The third-order valence-electron chi connectivity index (χ3n) is 3.17. The molecule has 0 saturated carbocycles. The van der Waals surface area contributed by atoms with E-state index < -0.39 is 16.0 Å². The Bertz CT molecular complexity index is 679. The largest absolute Gasteiger partial charge is 0.465 e. The molecular weight excluding hydrogens is 368 g/mol. The summed E-state index contributed by atoms with van der Waals surface area (Å²) in [6.07, 6.45) is 8.49. The van der Waals surface area contributed by atoms with Crippen molar-refractivity contribution in [3.05, 3.63) is 28.5 Å². The Morgan fingerprint density at radius 2 is 2.09 bits per heavy atom. The first-order valence-electron chi connectivity index (χ1n) is 6.78. The minimum Gasteiger partial charge on any atom is -0.465 e. The van der Waals surface area contributed by atoms with Gasteiger partial charge in [0.25, 0.3) is 0 Å². The number of hydrogen-bond acceptors (Lipinski definition) is 4. The lowest BCUT2D eigenvalue weighted by atomic mass is 10.2. The first-order valence-corrected chi connectivity index (χ1v) is 10.6. The summed E-state index contributed by atoms with van der Waals surface area (Å²) >= 11 is 3.42. The normalized spacial score (nSPS) is 12.6. The molecule has 0 unspecified atom stereocenters. The molecule has 0 saturated heterocycles. The van der Waals surface area contributed by atoms with Gasteiger partial charge in [0.1, 0.15) is 12.2 Å². The number of rotatable bonds is 6. The zero-order valence-electron chi connectivity index (χ0n) is 13.3. The summed E-state index contributed by atoms with van der Waals surface area (Å²) in [7, 11) is 0.811. The smallest absolute Gasteiger partial charge is 0.340 e. The number of hydrogen-bond donors (Lipinski definition) is 0. The number of carbonyl (C=O) groups excluding carboxylic acids is 1. The Kier molecular flexibility index (Phi) is 5.52. The van der Waals surface area contributed by atoms with Crippen LogP contribution in [0.5, 0.6) is 0 Å². The van der Waals surface area contributed by atoms with E-state index in [0.717, 1.165) is 22.3 Å². The Hall–Kier alpha value is -1.05. The molecule has 0 spiro atoms. The predicted octanol–water partition coefficient (Wildman–Crippen LogP) is 3.25. The van der Waals surface area contributed by atoms with Crippen molar-refractivity contribution in [3.8, 4) is 0 Å². The molecule has 0 amide bonds. The van der Waals surface area contributed by atoms with Gasteiger partial charge in [0.2, 0.25) is 0 Å². The molecule has 0 atom stereocenters. The SMILES string of the molecule is COC(=O)c1cc(Br)cc2c1ncn2COCCS(C)(C)C. The van der Waals surface area contributed by atoms with Gasteiger partial charge in [-0.3, -0.25) is 0 Å². The molecule has 122 valence electrons.